The second kappa shape index (κ2) is 8.21. The Morgan fingerprint density at radius 2 is 2.04 bits per heavy atom. The molecule has 3 aromatic rings. The summed E-state index contributed by atoms with van der Waals surface area (Å²) in [4.78, 5) is 17.0. The molecule has 0 radical (unpaired) electrons. The standard InChI is InChI=1S/C21H22N4O3/c1-14-24-25-21(27-14)18-9-5-4-8-17(18)20(26)23-13-15-10-11-22-19(12-15)28-16-6-2-3-7-16/h4-5,8-12,16H,2-3,6-7,13H2,1H3,(H,23,26). The molecule has 1 aliphatic rings. The van der Waals surface area contributed by atoms with Crippen molar-refractivity contribution < 1.29 is 13.9 Å². The topological polar surface area (TPSA) is 90.1 Å². The first kappa shape index (κ1) is 18.2. The van der Waals surface area contributed by atoms with Crippen LogP contribution < -0.4 is 10.1 Å². The molecule has 7 nitrogen and oxygen atoms in total. The lowest BCUT2D eigenvalue weighted by Gasteiger charge is -2.13. The van der Waals surface area contributed by atoms with Crippen LogP contribution in [0.5, 0.6) is 5.88 Å². The van der Waals surface area contributed by atoms with E-state index in [0.717, 1.165) is 18.4 Å². The van der Waals surface area contributed by atoms with Crippen molar-refractivity contribution in [3.63, 3.8) is 0 Å². The molecule has 7 heteroatoms. The number of carbonyl (C=O) groups excluding carboxylic acids is 1. The number of carbonyl (C=O) groups is 1. The third kappa shape index (κ3) is 4.19. The molecule has 0 bridgehead atoms. The van der Waals surface area contributed by atoms with E-state index in [1.165, 1.54) is 12.8 Å². The summed E-state index contributed by atoms with van der Waals surface area (Å²) in [5, 5.41) is 10.8. The Hall–Kier alpha value is -3.22. The zero-order chi connectivity index (χ0) is 19.3. The zero-order valence-electron chi connectivity index (χ0n) is 15.7. The van der Waals surface area contributed by atoms with E-state index in [1.807, 2.05) is 24.3 Å². The van der Waals surface area contributed by atoms with E-state index >= 15 is 0 Å². The van der Waals surface area contributed by atoms with Gasteiger partial charge < -0.3 is 14.5 Å². The van der Waals surface area contributed by atoms with Gasteiger partial charge in [0.05, 0.1) is 11.1 Å². The highest BCUT2D eigenvalue weighted by Crippen LogP contribution is 2.24. The van der Waals surface area contributed by atoms with Crippen molar-refractivity contribution in [2.45, 2.75) is 45.3 Å². The second-order valence-corrected chi connectivity index (χ2v) is 6.88. The average Bonchev–Trinajstić information content (AvgIpc) is 3.38. The molecule has 28 heavy (non-hydrogen) atoms. The Morgan fingerprint density at radius 1 is 1.21 bits per heavy atom. The van der Waals surface area contributed by atoms with Crippen molar-refractivity contribution in [3.8, 4) is 17.3 Å². The number of benzene rings is 1. The Labute approximate surface area is 163 Å². The predicted octanol–water partition coefficient (Wildman–Crippen LogP) is 3.69. The molecule has 1 saturated carbocycles. The van der Waals surface area contributed by atoms with Gasteiger partial charge in [-0.2, -0.15) is 0 Å². The van der Waals surface area contributed by atoms with E-state index in [-0.39, 0.29) is 12.0 Å². The molecule has 0 saturated heterocycles. The van der Waals surface area contributed by atoms with E-state index in [4.69, 9.17) is 9.15 Å². The van der Waals surface area contributed by atoms with Gasteiger partial charge in [-0.05, 0) is 49.4 Å². The van der Waals surface area contributed by atoms with Gasteiger partial charge in [0, 0.05) is 25.7 Å². The number of amides is 1. The molecular formula is C21H22N4O3. The molecule has 0 unspecified atom stereocenters. The van der Waals surface area contributed by atoms with Crippen molar-refractivity contribution in [2.24, 2.45) is 0 Å². The van der Waals surface area contributed by atoms with Gasteiger partial charge >= 0.3 is 0 Å². The first-order valence-electron chi connectivity index (χ1n) is 9.48. The Bertz CT molecular complexity index is 964. The van der Waals surface area contributed by atoms with Crippen LogP contribution in [-0.2, 0) is 6.54 Å². The molecule has 1 amide bonds. The van der Waals surface area contributed by atoms with Crippen molar-refractivity contribution in [2.75, 3.05) is 0 Å². The maximum Gasteiger partial charge on any atom is 0.252 e. The molecule has 4 rings (SSSR count). The van der Waals surface area contributed by atoms with Gasteiger partial charge in [-0.25, -0.2) is 4.98 Å². The van der Waals surface area contributed by atoms with Crippen LogP contribution in [0.1, 0.15) is 47.5 Å². The van der Waals surface area contributed by atoms with Crippen LogP contribution in [-0.4, -0.2) is 27.2 Å². The lowest BCUT2D eigenvalue weighted by Crippen LogP contribution is -2.23. The monoisotopic (exact) mass is 378 g/mol. The Morgan fingerprint density at radius 3 is 2.82 bits per heavy atom. The number of ether oxygens (including phenoxy) is 1. The number of rotatable bonds is 6. The SMILES string of the molecule is Cc1nnc(-c2ccccc2C(=O)NCc2ccnc(OC3CCCC3)c2)o1. The molecule has 1 fully saturated rings. The fourth-order valence-corrected chi connectivity index (χ4v) is 3.35. The van der Waals surface area contributed by atoms with Gasteiger partial charge in [0.25, 0.3) is 5.91 Å². The highest BCUT2D eigenvalue weighted by molar-refractivity contribution is 5.99. The fourth-order valence-electron chi connectivity index (χ4n) is 3.35. The molecule has 1 aromatic carbocycles. The van der Waals surface area contributed by atoms with E-state index in [0.29, 0.717) is 35.3 Å². The minimum absolute atomic E-state index is 0.207. The summed E-state index contributed by atoms with van der Waals surface area (Å²) in [6.07, 6.45) is 6.53. The summed E-state index contributed by atoms with van der Waals surface area (Å²) in [5.41, 5.74) is 2.03. The van der Waals surface area contributed by atoms with Crippen LogP contribution in [0.4, 0.5) is 0 Å². The number of hydrogen-bond acceptors (Lipinski definition) is 6. The minimum Gasteiger partial charge on any atom is -0.474 e. The number of nitrogens with one attached hydrogen (secondary N) is 1. The Kier molecular flexibility index (Phi) is 5.32. The van der Waals surface area contributed by atoms with Gasteiger partial charge in [-0.1, -0.05) is 12.1 Å². The van der Waals surface area contributed by atoms with E-state index < -0.39 is 0 Å². The zero-order valence-corrected chi connectivity index (χ0v) is 15.7. The third-order valence-electron chi connectivity index (χ3n) is 4.77. The quantitative estimate of drug-likeness (QED) is 0.703. The number of hydrogen-bond donors (Lipinski definition) is 1. The van der Waals surface area contributed by atoms with Crippen LogP contribution >= 0.6 is 0 Å². The molecule has 144 valence electrons. The maximum atomic E-state index is 12.7. The van der Waals surface area contributed by atoms with E-state index in [1.54, 1.807) is 25.3 Å². The molecule has 1 N–H and O–H groups in total. The average molecular weight is 378 g/mol. The number of aromatic nitrogens is 3. The molecule has 2 heterocycles. The van der Waals surface area contributed by atoms with Crippen LogP contribution in [0, 0.1) is 6.92 Å². The van der Waals surface area contributed by atoms with Gasteiger partial charge in [0.15, 0.2) is 0 Å². The minimum atomic E-state index is -0.207. The maximum absolute atomic E-state index is 12.7. The fraction of sp³-hybridized carbons (Fsp3) is 0.333. The summed E-state index contributed by atoms with van der Waals surface area (Å²) >= 11 is 0. The number of nitrogens with zero attached hydrogens (tertiary/aromatic N) is 3. The van der Waals surface area contributed by atoms with Gasteiger partial charge in [0.2, 0.25) is 17.7 Å². The summed E-state index contributed by atoms with van der Waals surface area (Å²) in [7, 11) is 0. The summed E-state index contributed by atoms with van der Waals surface area (Å²) in [6, 6.07) is 10.9. The molecule has 1 aliphatic carbocycles. The van der Waals surface area contributed by atoms with Crippen molar-refractivity contribution >= 4 is 5.91 Å². The summed E-state index contributed by atoms with van der Waals surface area (Å²) < 4.78 is 11.4. The van der Waals surface area contributed by atoms with E-state index in [2.05, 4.69) is 20.5 Å². The summed E-state index contributed by atoms with van der Waals surface area (Å²) in [6.45, 7) is 2.09. The highest BCUT2D eigenvalue weighted by atomic mass is 16.5. The molecule has 0 aliphatic heterocycles. The second-order valence-electron chi connectivity index (χ2n) is 6.88. The lowest BCUT2D eigenvalue weighted by atomic mass is 10.1. The number of aryl methyl sites for hydroxylation is 1. The van der Waals surface area contributed by atoms with Crippen LogP contribution in [0.25, 0.3) is 11.5 Å². The van der Waals surface area contributed by atoms with E-state index in [9.17, 15) is 4.79 Å². The molecule has 0 atom stereocenters. The van der Waals surface area contributed by atoms with Crippen LogP contribution in [0.15, 0.2) is 47.0 Å². The first-order chi connectivity index (χ1) is 13.7. The van der Waals surface area contributed by atoms with Gasteiger partial charge in [-0.3, -0.25) is 4.79 Å². The van der Waals surface area contributed by atoms with Crippen LogP contribution in [0.3, 0.4) is 0 Å². The predicted molar refractivity (Wildman–Crippen MR) is 103 cm³/mol. The van der Waals surface area contributed by atoms with Gasteiger partial charge in [-0.15, -0.1) is 10.2 Å². The van der Waals surface area contributed by atoms with Crippen molar-refractivity contribution in [1.29, 1.82) is 0 Å². The lowest BCUT2D eigenvalue weighted by molar-refractivity contribution is 0.0951. The van der Waals surface area contributed by atoms with Crippen LogP contribution in [0.2, 0.25) is 0 Å². The number of pyridine rings is 1. The molecular weight excluding hydrogens is 356 g/mol. The summed E-state index contributed by atoms with van der Waals surface area (Å²) in [5.74, 6) is 1.19. The van der Waals surface area contributed by atoms with Crippen molar-refractivity contribution in [1.82, 2.24) is 20.5 Å². The van der Waals surface area contributed by atoms with Crippen molar-refractivity contribution in [3.05, 3.63) is 59.6 Å². The highest BCUT2D eigenvalue weighted by Gasteiger charge is 2.18. The third-order valence-corrected chi connectivity index (χ3v) is 4.77. The normalized spacial score (nSPS) is 14.2. The largest absolute Gasteiger partial charge is 0.474 e. The Balaban J connectivity index is 1.44. The van der Waals surface area contributed by atoms with Gasteiger partial charge in [0.1, 0.15) is 6.10 Å². The first-order valence-corrected chi connectivity index (χ1v) is 9.48. The molecule has 0 spiro atoms. The smallest absolute Gasteiger partial charge is 0.252 e. The molecule has 2 aromatic heterocycles.